The van der Waals surface area contributed by atoms with Gasteiger partial charge in [-0.05, 0) is 0 Å². The zero-order valence-corrected chi connectivity index (χ0v) is 21.1. The van der Waals surface area contributed by atoms with Crippen LogP contribution in [0, 0.1) is 5.92 Å². The molecule has 0 saturated heterocycles. The second-order valence-electron chi connectivity index (χ2n) is 7.81. The summed E-state index contributed by atoms with van der Waals surface area (Å²) in [5.74, 6) is -1.13. The Morgan fingerprint density at radius 2 is 1.62 bits per heavy atom. The Morgan fingerprint density at radius 3 is 1.86 bits per heavy atom. The quantitative estimate of drug-likeness (QED) is 0.664. The van der Waals surface area contributed by atoms with Gasteiger partial charge in [0.1, 0.15) is 0 Å². The molecule has 0 aromatic heterocycles. The van der Waals surface area contributed by atoms with Crippen LogP contribution in [0.5, 0.6) is 0 Å². The maximum absolute atomic E-state index is 14.5. The third-order valence-corrected chi connectivity index (χ3v) is 71.9. The SMILES string of the molecule is CC1=C(C)C(C)[C]([Zr]([CH3])(=[O])(=[SiH2])([CH2]CO)[SiH](C)C)=C1C.Cl.Cl. The summed E-state index contributed by atoms with van der Waals surface area (Å²) in [4.78, 5) is 0. The van der Waals surface area contributed by atoms with E-state index in [1.807, 2.05) is 0 Å². The molecule has 1 unspecified atom stereocenters. The summed E-state index contributed by atoms with van der Waals surface area (Å²) < 4.78 is 18.3. The fourth-order valence-electron chi connectivity index (χ4n) is 3.83. The molecule has 1 rings (SSSR count). The van der Waals surface area contributed by atoms with Crippen molar-refractivity contribution in [3.05, 3.63) is 20.0 Å². The number of rotatable bonds is 4. The summed E-state index contributed by atoms with van der Waals surface area (Å²) in [6.45, 7) is 14.9. The van der Waals surface area contributed by atoms with E-state index in [0.717, 1.165) is 0 Å². The van der Waals surface area contributed by atoms with Gasteiger partial charge in [-0.1, -0.05) is 0 Å². The summed E-state index contributed by atoms with van der Waals surface area (Å²) in [7, 11) is 0. The molecule has 0 bridgehead atoms. The first-order valence-electron chi connectivity index (χ1n) is 7.33. The van der Waals surface area contributed by atoms with Gasteiger partial charge in [0.05, 0.1) is 0 Å². The molecule has 1 aliphatic carbocycles. The largest absolute Gasteiger partial charge is 0.147 e. The van der Waals surface area contributed by atoms with E-state index >= 15 is 0 Å². The van der Waals surface area contributed by atoms with Crippen molar-refractivity contribution in [1.29, 1.82) is 0 Å². The van der Waals surface area contributed by atoms with Gasteiger partial charge in [0, 0.05) is 0 Å². The molecule has 1 N–H and O–H groups in total. The second-order valence-corrected chi connectivity index (χ2v) is 66.0. The third kappa shape index (κ3) is 3.48. The molecule has 21 heavy (non-hydrogen) atoms. The molecule has 0 radical (unpaired) electrons. The fourth-order valence-corrected chi connectivity index (χ4v) is 31.9. The van der Waals surface area contributed by atoms with Crippen LogP contribution in [0.4, 0.5) is 0 Å². The summed E-state index contributed by atoms with van der Waals surface area (Å²) in [5.41, 5.74) is 3.93. The smallest absolute Gasteiger partial charge is 0.147 e. The minimum Gasteiger partial charge on any atom is -0.147 e. The zero-order valence-electron chi connectivity index (χ0n) is 14.4. The predicted octanol–water partition coefficient (Wildman–Crippen LogP) is 3.65. The van der Waals surface area contributed by atoms with Crippen molar-refractivity contribution >= 4 is 37.6 Å². The Balaban J connectivity index is 0. The standard InChI is InChI=1S/C9H13.C2H5O.C2H7Si.CH3.2ClH.O.H2Si.Zr/c1-6-5-7(2)9(4)8(6)3;1-2-3;1-3-2;;;;;;/h6H,1-4H3;3H,1-2H2;3H,1-2H3;1H3;2*1H;;1H2;. The minimum atomic E-state index is -4.70. The normalized spacial score (nSPS) is 20.9. The van der Waals surface area contributed by atoms with Crippen LogP contribution in [0.2, 0.25) is 21.9 Å². The molecule has 0 aliphatic heterocycles. The van der Waals surface area contributed by atoms with Gasteiger partial charge in [-0.25, -0.2) is 0 Å². The van der Waals surface area contributed by atoms with Gasteiger partial charge in [-0.15, -0.1) is 24.8 Å². The van der Waals surface area contributed by atoms with E-state index < -0.39 is 21.0 Å². The van der Waals surface area contributed by atoms with E-state index in [-0.39, 0.29) is 31.4 Å². The molecule has 0 fully saturated rings. The van der Waals surface area contributed by atoms with Crippen LogP contribution in [-0.2, 0) is 17.9 Å². The first-order valence-corrected chi connectivity index (χ1v) is 26.8. The number of halogens is 2. The molecule has 0 saturated carbocycles. The van der Waals surface area contributed by atoms with Crippen molar-refractivity contribution in [1.82, 2.24) is 0 Å². The molecule has 126 valence electrons. The van der Waals surface area contributed by atoms with Gasteiger partial charge < -0.3 is 0 Å². The van der Waals surface area contributed by atoms with Gasteiger partial charge in [-0.3, -0.25) is 0 Å². The molecule has 7 heteroatoms. The predicted molar refractivity (Wildman–Crippen MR) is 101 cm³/mol. The first kappa shape index (κ1) is 24.4. The monoisotopic (exact) mass is 448 g/mol. The molecule has 0 amide bonds. The van der Waals surface area contributed by atoms with Crippen LogP contribution in [-0.4, -0.2) is 24.5 Å². The van der Waals surface area contributed by atoms with Crippen LogP contribution < -0.4 is 0 Å². The van der Waals surface area contributed by atoms with Crippen molar-refractivity contribution in [2.75, 3.05) is 6.61 Å². The molecule has 0 aromatic rings. The van der Waals surface area contributed by atoms with E-state index in [0.29, 0.717) is 10.0 Å². The van der Waals surface area contributed by atoms with Crippen LogP contribution in [0.3, 0.4) is 0 Å². The van der Waals surface area contributed by atoms with Crippen LogP contribution in [0.1, 0.15) is 27.7 Å². The van der Waals surface area contributed by atoms with E-state index in [1.165, 1.54) is 20.0 Å². The Kier molecular flexibility index (Phi) is 7.62. The van der Waals surface area contributed by atoms with Crippen molar-refractivity contribution < 1.29 is 23.0 Å². The topological polar surface area (TPSA) is 37.3 Å². The number of aliphatic hydroxyl groups excluding tert-OH is 1. The van der Waals surface area contributed by atoms with Gasteiger partial charge in [-0.2, -0.15) is 0 Å². The molecule has 0 spiro atoms. The summed E-state index contributed by atoms with van der Waals surface area (Å²) in [6, 6.07) is 0. The van der Waals surface area contributed by atoms with E-state index in [1.54, 1.807) is 6.88 Å². The Bertz CT molecular complexity index is 652. The van der Waals surface area contributed by atoms with Gasteiger partial charge in [0.25, 0.3) is 0 Å². The van der Waals surface area contributed by atoms with Gasteiger partial charge >= 0.3 is 118 Å². The number of hydrogen-bond donors (Lipinski definition) is 1. The van der Waals surface area contributed by atoms with Crippen LogP contribution in [0.15, 0.2) is 20.0 Å². The summed E-state index contributed by atoms with van der Waals surface area (Å²) in [6.07, 6.45) is 0. The van der Waals surface area contributed by atoms with Crippen molar-refractivity contribution in [3.8, 4) is 0 Å². The molecule has 0 heterocycles. The number of hydrogen-bond acceptors (Lipinski definition) is 2. The van der Waals surface area contributed by atoms with Crippen molar-refractivity contribution in [3.63, 3.8) is 0 Å². The van der Waals surface area contributed by atoms with E-state index in [4.69, 9.17) is 0 Å². The number of aliphatic hydroxyl groups is 1. The maximum Gasteiger partial charge on any atom is -0.147 e. The average molecular weight is 451 g/mol. The van der Waals surface area contributed by atoms with Crippen LogP contribution >= 0.6 is 24.8 Å². The third-order valence-electron chi connectivity index (χ3n) is 6.38. The molecule has 1 atom stereocenters. The van der Waals surface area contributed by atoms with Crippen molar-refractivity contribution in [2.24, 2.45) is 5.92 Å². The fraction of sp³-hybridized carbons (Fsp3) is 0.714. The Morgan fingerprint density at radius 1 is 1.19 bits per heavy atom. The minimum absolute atomic E-state index is 0. The Labute approximate surface area is 141 Å². The molecule has 0 aromatic carbocycles. The summed E-state index contributed by atoms with van der Waals surface area (Å²) in [5, 5.41) is 9.59. The number of allylic oxidation sites excluding steroid dienone is 4. The molecular formula is C14H32Cl2O2Si2Zr. The molecule has 2 nitrogen and oxygen atoms in total. The van der Waals surface area contributed by atoms with E-state index in [9.17, 15) is 7.92 Å². The maximum atomic E-state index is 14.5. The van der Waals surface area contributed by atoms with Crippen molar-refractivity contribution in [2.45, 2.75) is 49.5 Å². The average Bonchev–Trinajstić information content (AvgIpc) is 2.43. The van der Waals surface area contributed by atoms with E-state index in [2.05, 4.69) is 45.4 Å². The second kappa shape index (κ2) is 6.56. The first-order chi connectivity index (χ1) is 8.32. The molecule has 1 aliphatic rings. The Hall–Kier alpha value is 1.14. The molecular weight excluding hydrogens is 418 g/mol. The zero-order chi connectivity index (χ0) is 15.3. The van der Waals surface area contributed by atoms with Gasteiger partial charge in [0.15, 0.2) is 0 Å². The van der Waals surface area contributed by atoms with Gasteiger partial charge in [0.2, 0.25) is 0 Å². The van der Waals surface area contributed by atoms with Crippen LogP contribution in [0.25, 0.3) is 0 Å². The summed E-state index contributed by atoms with van der Waals surface area (Å²) >= 11 is -4.70.